The quantitative estimate of drug-likeness (QED) is 0.886. The van der Waals surface area contributed by atoms with E-state index in [0.717, 1.165) is 34.7 Å². The van der Waals surface area contributed by atoms with Gasteiger partial charge in [-0.05, 0) is 30.9 Å². The third-order valence-electron chi connectivity index (χ3n) is 2.66. The number of thioether (sulfide) groups is 1. The maximum absolute atomic E-state index is 9.10. The Labute approximate surface area is 99.5 Å². The highest BCUT2D eigenvalue weighted by Crippen LogP contribution is 2.20. The van der Waals surface area contributed by atoms with Crippen LogP contribution in [-0.4, -0.2) is 20.9 Å². The molecule has 0 radical (unpaired) electrons. The summed E-state index contributed by atoms with van der Waals surface area (Å²) in [6, 6.07) is 5.96. The molecular formula is C12H16N2OS. The lowest BCUT2D eigenvalue weighted by Crippen LogP contribution is -1.99. The van der Waals surface area contributed by atoms with E-state index >= 15 is 0 Å². The predicted molar refractivity (Wildman–Crippen MR) is 68.5 cm³/mol. The molecule has 0 aliphatic heterocycles. The molecule has 0 aliphatic carbocycles. The smallest absolute Gasteiger partial charge is 0.119 e. The van der Waals surface area contributed by atoms with Crippen molar-refractivity contribution in [2.24, 2.45) is 0 Å². The Kier molecular flexibility index (Phi) is 3.51. The Balaban J connectivity index is 2.57. The van der Waals surface area contributed by atoms with Gasteiger partial charge in [0.2, 0.25) is 0 Å². The van der Waals surface area contributed by atoms with Gasteiger partial charge in [0.1, 0.15) is 5.82 Å². The molecule has 1 aromatic carbocycles. The zero-order valence-corrected chi connectivity index (χ0v) is 10.4. The maximum atomic E-state index is 9.10. The van der Waals surface area contributed by atoms with E-state index in [9.17, 15) is 0 Å². The van der Waals surface area contributed by atoms with Crippen molar-refractivity contribution in [2.75, 3.05) is 6.26 Å². The standard InChI is InChI=1S/C12H16N2OS/c1-3-14-11-5-4-9(7-15)6-10(11)13-12(14)8-16-2/h4-6,15H,3,7-8H2,1-2H3. The summed E-state index contributed by atoms with van der Waals surface area (Å²) in [4.78, 5) is 4.61. The van der Waals surface area contributed by atoms with Crippen LogP contribution < -0.4 is 0 Å². The number of hydrogen-bond donors (Lipinski definition) is 1. The largest absolute Gasteiger partial charge is 0.392 e. The van der Waals surface area contributed by atoms with Crippen molar-refractivity contribution in [3.8, 4) is 0 Å². The van der Waals surface area contributed by atoms with Crippen molar-refractivity contribution >= 4 is 22.8 Å². The van der Waals surface area contributed by atoms with E-state index in [4.69, 9.17) is 5.11 Å². The van der Waals surface area contributed by atoms with Crippen molar-refractivity contribution in [2.45, 2.75) is 25.8 Å². The average Bonchev–Trinajstić information content (AvgIpc) is 2.65. The van der Waals surface area contributed by atoms with Gasteiger partial charge in [0.05, 0.1) is 23.4 Å². The minimum absolute atomic E-state index is 0.0762. The van der Waals surface area contributed by atoms with Crippen LogP contribution in [0.3, 0.4) is 0 Å². The first-order valence-electron chi connectivity index (χ1n) is 5.38. The van der Waals surface area contributed by atoms with Crippen LogP contribution in [0, 0.1) is 0 Å². The number of aromatic nitrogens is 2. The molecule has 0 saturated heterocycles. The summed E-state index contributed by atoms with van der Waals surface area (Å²) in [6.45, 7) is 3.14. The van der Waals surface area contributed by atoms with Gasteiger partial charge in [0, 0.05) is 6.54 Å². The number of hydrogen-bond acceptors (Lipinski definition) is 3. The molecule has 4 heteroatoms. The van der Waals surface area contributed by atoms with E-state index in [0.29, 0.717) is 0 Å². The van der Waals surface area contributed by atoms with Gasteiger partial charge in [0.25, 0.3) is 0 Å². The van der Waals surface area contributed by atoms with E-state index in [1.54, 1.807) is 11.8 Å². The van der Waals surface area contributed by atoms with Crippen molar-refractivity contribution in [1.29, 1.82) is 0 Å². The Morgan fingerprint density at radius 2 is 2.25 bits per heavy atom. The number of rotatable bonds is 4. The molecule has 0 amide bonds. The van der Waals surface area contributed by atoms with Gasteiger partial charge in [-0.2, -0.15) is 11.8 Å². The summed E-state index contributed by atoms with van der Waals surface area (Å²) in [5.74, 6) is 2.04. The first kappa shape index (κ1) is 11.5. The van der Waals surface area contributed by atoms with Crippen molar-refractivity contribution in [3.63, 3.8) is 0 Å². The van der Waals surface area contributed by atoms with Crippen LogP contribution in [0.4, 0.5) is 0 Å². The lowest BCUT2D eigenvalue weighted by Gasteiger charge is -2.04. The summed E-state index contributed by atoms with van der Waals surface area (Å²) < 4.78 is 2.23. The number of aliphatic hydroxyl groups excluding tert-OH is 1. The Morgan fingerprint density at radius 1 is 1.44 bits per heavy atom. The van der Waals surface area contributed by atoms with Gasteiger partial charge in [-0.1, -0.05) is 6.07 Å². The maximum Gasteiger partial charge on any atom is 0.119 e. The molecule has 0 saturated carbocycles. The summed E-state index contributed by atoms with van der Waals surface area (Å²) in [5.41, 5.74) is 3.06. The lowest BCUT2D eigenvalue weighted by molar-refractivity contribution is 0.282. The highest BCUT2D eigenvalue weighted by molar-refractivity contribution is 7.97. The van der Waals surface area contributed by atoms with E-state index in [-0.39, 0.29) is 6.61 Å². The monoisotopic (exact) mass is 236 g/mol. The molecule has 3 nitrogen and oxygen atoms in total. The fraction of sp³-hybridized carbons (Fsp3) is 0.417. The Hall–Kier alpha value is -1.00. The molecule has 0 spiro atoms. The van der Waals surface area contributed by atoms with Gasteiger partial charge >= 0.3 is 0 Å². The van der Waals surface area contributed by atoms with E-state index < -0.39 is 0 Å². The van der Waals surface area contributed by atoms with Crippen molar-refractivity contribution in [1.82, 2.24) is 9.55 Å². The minimum atomic E-state index is 0.0762. The SMILES string of the molecule is CCn1c(CSC)nc2cc(CO)ccc21. The van der Waals surface area contributed by atoms with E-state index in [1.165, 1.54) is 0 Å². The molecule has 0 atom stereocenters. The highest BCUT2D eigenvalue weighted by atomic mass is 32.2. The molecular weight excluding hydrogens is 220 g/mol. The summed E-state index contributed by atoms with van der Waals surface area (Å²) in [5, 5.41) is 9.10. The number of imidazole rings is 1. The Bertz CT molecular complexity index is 493. The third-order valence-corrected chi connectivity index (χ3v) is 3.21. The van der Waals surface area contributed by atoms with Crippen LogP contribution in [0.15, 0.2) is 18.2 Å². The fourth-order valence-corrected chi connectivity index (χ4v) is 2.39. The van der Waals surface area contributed by atoms with Gasteiger partial charge in [0.15, 0.2) is 0 Å². The molecule has 2 aromatic rings. The number of aryl methyl sites for hydroxylation is 1. The number of aliphatic hydroxyl groups is 1. The van der Waals surface area contributed by atoms with Crippen LogP contribution in [0.2, 0.25) is 0 Å². The first-order valence-corrected chi connectivity index (χ1v) is 6.77. The van der Waals surface area contributed by atoms with Crippen LogP contribution in [0.5, 0.6) is 0 Å². The third kappa shape index (κ3) is 1.95. The second-order valence-corrected chi connectivity index (χ2v) is 4.55. The zero-order valence-electron chi connectivity index (χ0n) is 9.60. The average molecular weight is 236 g/mol. The van der Waals surface area contributed by atoms with E-state index in [2.05, 4.69) is 22.7 Å². The Morgan fingerprint density at radius 3 is 2.88 bits per heavy atom. The van der Waals surface area contributed by atoms with Crippen molar-refractivity contribution < 1.29 is 5.11 Å². The van der Waals surface area contributed by atoms with Gasteiger partial charge in [-0.3, -0.25) is 0 Å². The van der Waals surface area contributed by atoms with Crippen LogP contribution in [0.25, 0.3) is 11.0 Å². The molecule has 16 heavy (non-hydrogen) atoms. The summed E-state index contributed by atoms with van der Waals surface area (Å²) >= 11 is 1.78. The molecule has 0 fully saturated rings. The number of fused-ring (bicyclic) bond motifs is 1. The molecule has 0 aliphatic rings. The highest BCUT2D eigenvalue weighted by Gasteiger charge is 2.08. The molecule has 1 heterocycles. The van der Waals surface area contributed by atoms with Gasteiger partial charge in [-0.15, -0.1) is 0 Å². The summed E-state index contributed by atoms with van der Waals surface area (Å²) in [7, 11) is 0. The van der Waals surface area contributed by atoms with Crippen LogP contribution in [-0.2, 0) is 18.9 Å². The molecule has 0 bridgehead atoms. The topological polar surface area (TPSA) is 38.0 Å². The minimum Gasteiger partial charge on any atom is -0.392 e. The van der Waals surface area contributed by atoms with Crippen LogP contribution in [0.1, 0.15) is 18.3 Å². The second kappa shape index (κ2) is 4.89. The molecule has 1 aromatic heterocycles. The normalized spacial score (nSPS) is 11.2. The first-order chi connectivity index (χ1) is 7.80. The molecule has 86 valence electrons. The molecule has 0 unspecified atom stereocenters. The number of benzene rings is 1. The predicted octanol–water partition coefficient (Wildman–Crippen LogP) is 2.41. The lowest BCUT2D eigenvalue weighted by atomic mass is 10.2. The fourth-order valence-electron chi connectivity index (χ4n) is 1.92. The van der Waals surface area contributed by atoms with Gasteiger partial charge < -0.3 is 9.67 Å². The molecule has 2 rings (SSSR count). The second-order valence-electron chi connectivity index (χ2n) is 3.69. The zero-order chi connectivity index (χ0) is 11.5. The molecule has 1 N–H and O–H groups in total. The van der Waals surface area contributed by atoms with Gasteiger partial charge in [-0.25, -0.2) is 4.98 Å². The van der Waals surface area contributed by atoms with E-state index in [1.807, 2.05) is 18.2 Å². The van der Waals surface area contributed by atoms with Crippen LogP contribution >= 0.6 is 11.8 Å². The number of nitrogens with zero attached hydrogens (tertiary/aromatic N) is 2. The summed E-state index contributed by atoms with van der Waals surface area (Å²) in [6.07, 6.45) is 2.08. The van der Waals surface area contributed by atoms with Crippen molar-refractivity contribution in [3.05, 3.63) is 29.6 Å².